The van der Waals surface area contributed by atoms with Crippen LogP contribution in [0.25, 0.3) is 0 Å². The number of amides is 5. The Morgan fingerprint density at radius 3 is 1.65 bits per heavy atom. The molecule has 5 amide bonds. The number of nitrogens with one attached hydrogen (secondary N) is 4. The Morgan fingerprint density at radius 2 is 1.19 bits per heavy atom. The summed E-state index contributed by atoms with van der Waals surface area (Å²) in [5.74, 6) is -4.27. The van der Waals surface area contributed by atoms with E-state index in [-0.39, 0.29) is 30.7 Å². The zero-order valence-corrected chi connectivity index (χ0v) is 31.3. The number of carboxylic acids is 1. The Morgan fingerprint density at radius 1 is 0.729 bits per heavy atom. The van der Waals surface area contributed by atoms with Gasteiger partial charge in [0.15, 0.2) is 0 Å². The van der Waals surface area contributed by atoms with Gasteiger partial charge in [0.05, 0.1) is 11.7 Å². The number of hydrogen-bond acceptors (Lipinski definition) is 7. The van der Waals surface area contributed by atoms with E-state index in [4.69, 9.17) is 4.74 Å². The predicted molar refractivity (Wildman–Crippen MR) is 184 cm³/mol. The van der Waals surface area contributed by atoms with Crippen molar-refractivity contribution in [2.75, 3.05) is 6.54 Å². The maximum absolute atomic E-state index is 13.9. The highest BCUT2D eigenvalue weighted by atomic mass is 16.5. The van der Waals surface area contributed by atoms with Crippen molar-refractivity contribution in [2.45, 2.75) is 157 Å². The predicted octanol–water partition coefficient (Wildman–Crippen LogP) is 3.00. The largest absolute Gasteiger partial charge is 0.480 e. The molecule has 0 aromatic rings. The average Bonchev–Trinajstić information content (AvgIpc) is 3.44. The van der Waals surface area contributed by atoms with Crippen LogP contribution in [0.15, 0.2) is 0 Å². The topological polar surface area (TPSA) is 183 Å². The molecule has 0 aliphatic carbocycles. The fourth-order valence-electron chi connectivity index (χ4n) is 5.72. The van der Waals surface area contributed by atoms with Crippen molar-refractivity contribution in [1.82, 2.24) is 26.2 Å². The molecule has 0 bridgehead atoms. The van der Waals surface area contributed by atoms with Gasteiger partial charge < -0.3 is 36.0 Å². The highest BCUT2D eigenvalue weighted by Gasteiger charge is 2.41. The van der Waals surface area contributed by atoms with Crippen LogP contribution in [0, 0.1) is 23.7 Å². The molecule has 0 spiro atoms. The van der Waals surface area contributed by atoms with Crippen molar-refractivity contribution in [3.63, 3.8) is 0 Å². The first-order valence-corrected chi connectivity index (χ1v) is 17.5. The third kappa shape index (κ3) is 13.7. The first kappa shape index (κ1) is 42.8. The van der Waals surface area contributed by atoms with E-state index in [9.17, 15) is 33.9 Å². The third-order valence-corrected chi connectivity index (χ3v) is 8.34. The van der Waals surface area contributed by atoms with Crippen LogP contribution in [-0.2, 0) is 33.5 Å². The van der Waals surface area contributed by atoms with Crippen LogP contribution < -0.4 is 21.3 Å². The van der Waals surface area contributed by atoms with E-state index in [2.05, 4.69) is 35.1 Å². The highest BCUT2D eigenvalue weighted by Crippen LogP contribution is 2.21. The van der Waals surface area contributed by atoms with Gasteiger partial charge >= 0.3 is 5.97 Å². The minimum Gasteiger partial charge on any atom is -0.480 e. The molecule has 1 rings (SSSR count). The molecule has 1 fully saturated rings. The Hall–Kier alpha value is -3.22. The maximum atomic E-state index is 13.9. The normalized spacial score (nSPS) is 18.3. The van der Waals surface area contributed by atoms with E-state index < -0.39 is 77.4 Å². The Kier molecular flexibility index (Phi) is 17.0. The molecule has 0 aromatic carbocycles. The van der Waals surface area contributed by atoms with Crippen LogP contribution in [-0.4, -0.2) is 94.0 Å². The van der Waals surface area contributed by atoms with Gasteiger partial charge in [0.1, 0.15) is 30.2 Å². The summed E-state index contributed by atoms with van der Waals surface area (Å²) in [6.45, 7) is 22.1. The van der Waals surface area contributed by atoms with Gasteiger partial charge in [0.2, 0.25) is 29.5 Å². The van der Waals surface area contributed by atoms with E-state index in [1.807, 2.05) is 20.8 Å². The minimum atomic E-state index is -1.23. The molecule has 48 heavy (non-hydrogen) atoms. The number of likely N-dealkylation sites (tertiary alicyclic amines) is 1. The van der Waals surface area contributed by atoms with Gasteiger partial charge in [-0.2, -0.15) is 0 Å². The highest BCUT2D eigenvalue weighted by molar-refractivity contribution is 5.96. The fourth-order valence-corrected chi connectivity index (χ4v) is 5.72. The molecule has 5 N–H and O–H groups in total. The molecule has 1 aliphatic rings. The summed E-state index contributed by atoms with van der Waals surface area (Å²) >= 11 is 0. The standard InChI is InChI=1S/C35H63N5O8/c1-19(2)15-13-17-25(41)36-26(20(3)4)30(42)39-29(23(9)48-35(10,11)12)32(44)37-27(21(5)6)31(43)38-28(22(7)8)33(45)40-18-14-16-24(40)34(46)47/h19-24,26-29H,13-18H2,1-12H3,(H,36,41)(H,37,44)(H,38,43)(H,39,42)(H,46,47)/t23-,24-,26-,27+,28-,29+/m1/s1. The van der Waals surface area contributed by atoms with Crippen molar-refractivity contribution in [3.8, 4) is 0 Å². The first-order chi connectivity index (χ1) is 22.1. The van der Waals surface area contributed by atoms with Gasteiger partial charge in [0, 0.05) is 13.0 Å². The number of aliphatic carboxylic acids is 1. The molecule has 0 saturated carbocycles. The second kappa shape index (κ2) is 19.1. The lowest BCUT2D eigenvalue weighted by molar-refractivity contribution is -0.150. The third-order valence-electron chi connectivity index (χ3n) is 8.34. The summed E-state index contributed by atoms with van der Waals surface area (Å²) < 4.78 is 6.07. The number of rotatable bonds is 18. The van der Waals surface area contributed by atoms with E-state index in [0.717, 1.165) is 6.42 Å². The number of carbonyl (C=O) groups excluding carboxylic acids is 5. The SMILES string of the molecule is CC(C)CCCC(=O)N[C@@H](C(=O)N[C@H](C(=O)N[C@H](C(=O)N[C@@H](C(=O)N1CCC[C@@H]1C(=O)O)C(C)C)C(C)C)[C@@H](C)OC(C)(C)C)C(C)C. The summed E-state index contributed by atoms with van der Waals surface area (Å²) in [6.07, 6.45) is 1.92. The molecular formula is C35H63N5O8. The number of nitrogens with zero attached hydrogens (tertiary/aromatic N) is 1. The zero-order chi connectivity index (χ0) is 37.1. The molecule has 0 unspecified atom stereocenters. The number of carbonyl (C=O) groups is 6. The molecule has 6 atom stereocenters. The van der Waals surface area contributed by atoms with Crippen LogP contribution >= 0.6 is 0 Å². The summed E-state index contributed by atoms with van der Waals surface area (Å²) in [6, 6.07) is -5.19. The summed E-state index contributed by atoms with van der Waals surface area (Å²) in [7, 11) is 0. The van der Waals surface area contributed by atoms with Gasteiger partial charge in [0.25, 0.3) is 0 Å². The molecule has 1 aliphatic heterocycles. The van der Waals surface area contributed by atoms with Gasteiger partial charge in [-0.3, -0.25) is 24.0 Å². The second-order valence-corrected chi connectivity index (χ2v) is 15.5. The molecule has 1 saturated heterocycles. The Labute approximate surface area is 287 Å². The number of hydrogen-bond donors (Lipinski definition) is 5. The lowest BCUT2D eigenvalue weighted by atomic mass is 9.98. The Bertz CT molecular complexity index is 1120. The van der Waals surface area contributed by atoms with E-state index in [1.165, 1.54) is 4.90 Å². The summed E-state index contributed by atoms with van der Waals surface area (Å²) in [5.41, 5.74) is -0.673. The smallest absolute Gasteiger partial charge is 0.326 e. The molecule has 13 nitrogen and oxygen atoms in total. The van der Waals surface area contributed by atoms with E-state index in [1.54, 1.807) is 48.5 Å². The minimum absolute atomic E-state index is 0.251. The van der Waals surface area contributed by atoms with Gasteiger partial charge in [-0.15, -0.1) is 0 Å². The number of ether oxygens (including phenoxy) is 1. The average molecular weight is 682 g/mol. The van der Waals surface area contributed by atoms with Crippen molar-refractivity contribution in [1.29, 1.82) is 0 Å². The van der Waals surface area contributed by atoms with Gasteiger partial charge in [-0.05, 0) is 70.6 Å². The maximum Gasteiger partial charge on any atom is 0.326 e. The fraction of sp³-hybridized carbons (Fsp3) is 0.829. The lowest BCUT2D eigenvalue weighted by Crippen LogP contribution is -2.63. The quantitative estimate of drug-likeness (QED) is 0.146. The first-order valence-electron chi connectivity index (χ1n) is 17.5. The van der Waals surface area contributed by atoms with Crippen LogP contribution in [0.2, 0.25) is 0 Å². The van der Waals surface area contributed by atoms with Crippen LogP contribution in [0.5, 0.6) is 0 Å². The molecule has 13 heteroatoms. The summed E-state index contributed by atoms with van der Waals surface area (Å²) in [5, 5.41) is 20.7. The zero-order valence-electron chi connectivity index (χ0n) is 31.3. The summed E-state index contributed by atoms with van der Waals surface area (Å²) in [4.78, 5) is 80.4. The molecule has 0 aromatic heterocycles. The van der Waals surface area contributed by atoms with Crippen molar-refractivity contribution in [3.05, 3.63) is 0 Å². The van der Waals surface area contributed by atoms with Crippen molar-refractivity contribution >= 4 is 35.5 Å². The van der Waals surface area contributed by atoms with E-state index in [0.29, 0.717) is 25.2 Å². The molecule has 276 valence electrons. The number of carboxylic acid groups (broad SMARTS) is 1. The second-order valence-electron chi connectivity index (χ2n) is 15.5. The molecule has 0 radical (unpaired) electrons. The van der Waals surface area contributed by atoms with Crippen molar-refractivity contribution < 1.29 is 38.6 Å². The van der Waals surface area contributed by atoms with Gasteiger partial charge in [-0.1, -0.05) is 61.8 Å². The van der Waals surface area contributed by atoms with E-state index >= 15 is 0 Å². The lowest BCUT2D eigenvalue weighted by Gasteiger charge is -2.34. The van der Waals surface area contributed by atoms with Crippen LogP contribution in [0.1, 0.15) is 115 Å². The molecule has 1 heterocycles. The monoisotopic (exact) mass is 681 g/mol. The van der Waals surface area contributed by atoms with Crippen LogP contribution in [0.3, 0.4) is 0 Å². The Balaban J connectivity index is 3.24. The van der Waals surface area contributed by atoms with Gasteiger partial charge in [-0.25, -0.2) is 4.79 Å². The van der Waals surface area contributed by atoms with Crippen molar-refractivity contribution in [2.24, 2.45) is 23.7 Å². The molecular weight excluding hydrogens is 618 g/mol. The van der Waals surface area contributed by atoms with Crippen LogP contribution in [0.4, 0.5) is 0 Å².